The van der Waals surface area contributed by atoms with Crippen molar-refractivity contribution in [1.82, 2.24) is 9.78 Å². The van der Waals surface area contributed by atoms with E-state index in [0.717, 1.165) is 38.5 Å². The molecule has 0 radical (unpaired) electrons. The number of aliphatic carboxylic acids is 1. The second-order valence-electron chi connectivity index (χ2n) is 8.83. The lowest BCUT2D eigenvalue weighted by Crippen LogP contribution is -2.01. The molecule has 1 heterocycles. The van der Waals surface area contributed by atoms with Crippen LogP contribution in [0.25, 0.3) is 50.1 Å². The molecule has 0 aliphatic carbocycles. The lowest BCUT2D eigenvalue weighted by molar-refractivity contribution is -0.130. The summed E-state index contributed by atoms with van der Waals surface area (Å²) in [6.07, 6.45) is 1.59. The predicted molar refractivity (Wildman–Crippen MR) is 151 cm³/mol. The average Bonchev–Trinajstić information content (AvgIpc) is 3.35. The Morgan fingerprint density at radius 2 is 1.41 bits per heavy atom. The fourth-order valence-electron chi connectivity index (χ4n) is 4.60. The number of hydrogen-bond donors (Lipinski definition) is 1. The van der Waals surface area contributed by atoms with Crippen molar-refractivity contribution in [2.75, 3.05) is 0 Å². The molecule has 0 aliphatic heterocycles. The van der Waals surface area contributed by atoms with Crippen molar-refractivity contribution < 1.29 is 9.90 Å². The first-order chi connectivity index (χ1) is 18.0. The van der Waals surface area contributed by atoms with E-state index in [1.54, 1.807) is 30.3 Å². The highest BCUT2D eigenvalue weighted by Crippen LogP contribution is 2.30. The summed E-state index contributed by atoms with van der Waals surface area (Å²) < 4.78 is 1.87. The molecule has 37 heavy (non-hydrogen) atoms. The van der Waals surface area contributed by atoms with Gasteiger partial charge in [0.05, 0.1) is 22.6 Å². The smallest absolute Gasteiger partial charge is 0.336 e. The van der Waals surface area contributed by atoms with Gasteiger partial charge in [0.2, 0.25) is 0 Å². The number of fused-ring (bicyclic) bond motifs is 2. The summed E-state index contributed by atoms with van der Waals surface area (Å²) in [6, 6.07) is 37.6. The minimum atomic E-state index is -1.05. The molecule has 4 nitrogen and oxygen atoms in total. The third-order valence-electron chi connectivity index (χ3n) is 6.41. The van der Waals surface area contributed by atoms with Crippen LogP contribution in [0.5, 0.6) is 0 Å². The van der Waals surface area contributed by atoms with Crippen molar-refractivity contribution in [3.63, 3.8) is 0 Å². The highest BCUT2D eigenvalue weighted by molar-refractivity contribution is 6.31. The van der Waals surface area contributed by atoms with Gasteiger partial charge in [-0.2, -0.15) is 5.10 Å². The molecule has 178 valence electrons. The first-order valence-corrected chi connectivity index (χ1v) is 12.2. The number of rotatable bonds is 5. The SMILES string of the molecule is O=C(O)/C(=C\c1cc(-c2ccc3ccccc3c2)n(-c2ccc3ccccc3c2)n1)c1cccc(Cl)c1. The van der Waals surface area contributed by atoms with Crippen molar-refractivity contribution in [2.45, 2.75) is 0 Å². The zero-order valence-electron chi connectivity index (χ0n) is 19.7. The van der Waals surface area contributed by atoms with E-state index in [-0.39, 0.29) is 5.57 Å². The Bertz CT molecular complexity index is 1740. The van der Waals surface area contributed by atoms with Crippen LogP contribution in [0.1, 0.15) is 11.3 Å². The Kier molecular flexibility index (Phi) is 5.79. The van der Waals surface area contributed by atoms with Crippen LogP contribution in [-0.4, -0.2) is 20.9 Å². The van der Waals surface area contributed by atoms with Crippen molar-refractivity contribution in [1.29, 1.82) is 0 Å². The molecule has 0 fully saturated rings. The van der Waals surface area contributed by atoms with E-state index in [9.17, 15) is 9.90 Å². The third kappa shape index (κ3) is 4.51. The van der Waals surface area contributed by atoms with E-state index >= 15 is 0 Å². The van der Waals surface area contributed by atoms with Gasteiger partial charge in [-0.25, -0.2) is 9.48 Å². The normalized spacial score (nSPS) is 11.8. The second-order valence-corrected chi connectivity index (χ2v) is 9.27. The van der Waals surface area contributed by atoms with Gasteiger partial charge in [-0.15, -0.1) is 0 Å². The Morgan fingerprint density at radius 3 is 2.11 bits per heavy atom. The Morgan fingerprint density at radius 1 is 0.730 bits per heavy atom. The number of carboxylic acid groups (broad SMARTS) is 1. The molecule has 0 amide bonds. The summed E-state index contributed by atoms with van der Waals surface area (Å²) in [5.74, 6) is -1.05. The fraction of sp³-hybridized carbons (Fsp3) is 0. The molecule has 0 aliphatic rings. The van der Waals surface area contributed by atoms with Crippen LogP contribution >= 0.6 is 11.6 Å². The first-order valence-electron chi connectivity index (χ1n) is 11.8. The van der Waals surface area contributed by atoms with Gasteiger partial charge in [0.15, 0.2) is 0 Å². The summed E-state index contributed by atoms with van der Waals surface area (Å²) in [5, 5.41) is 19.8. The molecule has 6 aromatic rings. The second kappa shape index (κ2) is 9.41. The van der Waals surface area contributed by atoms with Gasteiger partial charge in [0.25, 0.3) is 0 Å². The van der Waals surface area contributed by atoms with E-state index < -0.39 is 5.97 Å². The predicted octanol–water partition coefficient (Wildman–Crippen LogP) is 8.12. The first kappa shape index (κ1) is 22.8. The van der Waals surface area contributed by atoms with E-state index in [0.29, 0.717) is 16.3 Å². The molecule has 0 saturated carbocycles. The molecule has 5 heteroatoms. The number of aromatic nitrogens is 2. The maximum atomic E-state index is 12.2. The summed E-state index contributed by atoms with van der Waals surface area (Å²) in [6.45, 7) is 0. The molecule has 6 rings (SSSR count). The number of halogens is 1. The highest BCUT2D eigenvalue weighted by Gasteiger charge is 2.16. The summed E-state index contributed by atoms with van der Waals surface area (Å²) >= 11 is 6.14. The molecule has 1 aromatic heterocycles. The Balaban J connectivity index is 1.55. The summed E-state index contributed by atoms with van der Waals surface area (Å²) in [4.78, 5) is 12.2. The van der Waals surface area contributed by atoms with E-state index in [2.05, 4.69) is 54.6 Å². The largest absolute Gasteiger partial charge is 0.478 e. The average molecular weight is 501 g/mol. The zero-order chi connectivity index (χ0) is 25.4. The van der Waals surface area contributed by atoms with Crippen molar-refractivity contribution in [3.05, 3.63) is 132 Å². The van der Waals surface area contributed by atoms with Gasteiger partial charge in [-0.3, -0.25) is 0 Å². The molecule has 0 bridgehead atoms. The number of benzene rings is 5. The van der Waals surface area contributed by atoms with Gasteiger partial charge in [0, 0.05) is 10.6 Å². The molecule has 1 N–H and O–H groups in total. The Hall–Kier alpha value is -4.67. The zero-order valence-corrected chi connectivity index (χ0v) is 20.4. The summed E-state index contributed by atoms with van der Waals surface area (Å²) in [7, 11) is 0. The van der Waals surface area contributed by atoms with Crippen molar-refractivity contribution in [3.8, 4) is 16.9 Å². The highest BCUT2D eigenvalue weighted by atomic mass is 35.5. The minimum Gasteiger partial charge on any atom is -0.478 e. The van der Waals surface area contributed by atoms with Crippen LogP contribution in [0.4, 0.5) is 0 Å². The molecule has 0 unspecified atom stereocenters. The van der Waals surface area contributed by atoms with Crippen LogP contribution < -0.4 is 0 Å². The number of carboxylic acids is 1. The quantitative estimate of drug-likeness (QED) is 0.243. The van der Waals surface area contributed by atoms with Crippen LogP contribution in [0.3, 0.4) is 0 Å². The minimum absolute atomic E-state index is 0.121. The van der Waals surface area contributed by atoms with E-state index in [1.807, 2.05) is 41.1 Å². The molecule has 0 atom stereocenters. The third-order valence-corrected chi connectivity index (χ3v) is 6.64. The molecule has 0 spiro atoms. The van der Waals surface area contributed by atoms with Gasteiger partial charge in [-0.1, -0.05) is 90.5 Å². The van der Waals surface area contributed by atoms with Gasteiger partial charge < -0.3 is 5.11 Å². The maximum Gasteiger partial charge on any atom is 0.336 e. The lowest BCUT2D eigenvalue weighted by Gasteiger charge is -2.10. The molecule has 0 saturated heterocycles. The number of nitrogens with zero attached hydrogens (tertiary/aromatic N) is 2. The number of hydrogen-bond acceptors (Lipinski definition) is 2. The van der Waals surface area contributed by atoms with Gasteiger partial charge >= 0.3 is 5.97 Å². The van der Waals surface area contributed by atoms with Crippen LogP contribution in [0.15, 0.2) is 115 Å². The molecular formula is C32H21ClN2O2. The van der Waals surface area contributed by atoms with Crippen LogP contribution in [-0.2, 0) is 4.79 Å². The molecular weight excluding hydrogens is 480 g/mol. The van der Waals surface area contributed by atoms with Crippen LogP contribution in [0, 0.1) is 0 Å². The van der Waals surface area contributed by atoms with Crippen LogP contribution in [0.2, 0.25) is 5.02 Å². The fourth-order valence-corrected chi connectivity index (χ4v) is 4.79. The lowest BCUT2D eigenvalue weighted by atomic mass is 10.0. The van der Waals surface area contributed by atoms with Crippen molar-refractivity contribution >= 4 is 50.8 Å². The summed E-state index contributed by atoms with van der Waals surface area (Å²) in [5.41, 5.74) is 3.92. The molecule has 5 aromatic carbocycles. The Labute approximate surface area is 218 Å². The van der Waals surface area contributed by atoms with E-state index in [4.69, 9.17) is 16.7 Å². The maximum absolute atomic E-state index is 12.2. The van der Waals surface area contributed by atoms with Gasteiger partial charge in [-0.05, 0) is 69.6 Å². The topological polar surface area (TPSA) is 55.1 Å². The standard InChI is InChI=1S/C32H21ClN2O2/c33-27-11-5-10-25(17-27)30(32(36)37)19-28-20-31(26-13-12-21-6-1-3-8-23(21)16-26)35(34-28)29-15-14-22-7-2-4-9-24(22)18-29/h1-20H,(H,36,37)/b30-19-. The van der Waals surface area contributed by atoms with E-state index in [1.165, 1.54) is 0 Å². The van der Waals surface area contributed by atoms with Crippen molar-refractivity contribution in [2.24, 2.45) is 0 Å². The van der Waals surface area contributed by atoms with Gasteiger partial charge in [0.1, 0.15) is 0 Å². The monoisotopic (exact) mass is 500 g/mol. The number of carbonyl (C=O) groups is 1.